The van der Waals surface area contributed by atoms with E-state index in [1.165, 1.54) is 141 Å². The summed E-state index contributed by atoms with van der Waals surface area (Å²) in [6.45, 7) is 12.6. The second-order valence-electron chi connectivity index (χ2n) is 15.4. The van der Waals surface area contributed by atoms with E-state index in [0.29, 0.717) is 13.1 Å². The molecule has 5 nitrogen and oxygen atoms in total. The second-order valence-corrected chi connectivity index (χ2v) is 15.4. The molecule has 0 aliphatic carbocycles. The molecule has 0 spiro atoms. The zero-order valence-electron chi connectivity index (χ0n) is 35.2. The van der Waals surface area contributed by atoms with Gasteiger partial charge in [-0.2, -0.15) is 0 Å². The van der Waals surface area contributed by atoms with Crippen molar-refractivity contribution in [3.8, 4) is 0 Å². The highest BCUT2D eigenvalue weighted by Crippen LogP contribution is 2.12. The Labute approximate surface area is 325 Å². The largest absolute Gasteiger partial charge is 0.392 e. The van der Waals surface area contributed by atoms with Crippen molar-refractivity contribution in [2.24, 2.45) is 5.73 Å². The molecule has 0 radical (unpaired) electrons. The van der Waals surface area contributed by atoms with Crippen molar-refractivity contribution in [1.29, 1.82) is 0 Å². The summed E-state index contributed by atoms with van der Waals surface area (Å²) in [7, 11) is 0. The normalized spacial score (nSPS) is 13.8. The lowest BCUT2D eigenvalue weighted by atomic mass is 10.1. The molecule has 52 heavy (non-hydrogen) atoms. The fourth-order valence-electron chi connectivity index (χ4n) is 6.71. The Morgan fingerprint density at radius 3 is 1.06 bits per heavy atom. The first kappa shape index (κ1) is 50.8. The smallest absolute Gasteiger partial charge is 0.0789 e. The van der Waals surface area contributed by atoms with E-state index >= 15 is 0 Å². The van der Waals surface area contributed by atoms with Gasteiger partial charge in [0.1, 0.15) is 0 Å². The van der Waals surface area contributed by atoms with Gasteiger partial charge in [-0.15, -0.1) is 0 Å². The first-order valence-electron chi connectivity index (χ1n) is 22.7. The molecule has 0 saturated carbocycles. The van der Waals surface area contributed by atoms with Gasteiger partial charge < -0.3 is 25.7 Å². The van der Waals surface area contributed by atoms with E-state index in [4.69, 9.17) is 5.73 Å². The fraction of sp³-hybridized carbons (Fsp3) is 0.830. The first-order chi connectivity index (χ1) is 25.6. The molecular weight excluding hydrogens is 639 g/mol. The monoisotopic (exact) mass is 730 g/mol. The first-order valence-corrected chi connectivity index (χ1v) is 22.7. The van der Waals surface area contributed by atoms with Crippen molar-refractivity contribution >= 4 is 0 Å². The Balaban J connectivity index is 4.13. The van der Waals surface area contributed by atoms with E-state index in [1.54, 1.807) is 0 Å². The molecule has 0 rings (SSSR count). The van der Waals surface area contributed by atoms with Gasteiger partial charge in [0, 0.05) is 19.6 Å². The van der Waals surface area contributed by atoms with E-state index in [9.17, 15) is 10.2 Å². The maximum absolute atomic E-state index is 10.4. The lowest BCUT2D eigenvalue weighted by molar-refractivity contribution is 0.102. The zero-order chi connectivity index (χ0) is 38.0. The van der Waals surface area contributed by atoms with Crippen LogP contribution in [-0.2, 0) is 0 Å². The number of hydrogen-bond acceptors (Lipinski definition) is 5. The Morgan fingerprint density at radius 1 is 0.404 bits per heavy atom. The van der Waals surface area contributed by atoms with Crippen molar-refractivity contribution in [2.75, 3.05) is 45.8 Å². The molecule has 2 unspecified atom stereocenters. The number of hydrogen-bond donors (Lipinski definition) is 3. The van der Waals surface area contributed by atoms with Crippen molar-refractivity contribution in [3.63, 3.8) is 0 Å². The molecule has 0 heterocycles. The Hall–Kier alpha value is -1.24. The van der Waals surface area contributed by atoms with Crippen LogP contribution in [0.5, 0.6) is 0 Å². The number of rotatable bonds is 41. The van der Waals surface area contributed by atoms with E-state index in [1.807, 2.05) is 0 Å². The Kier molecular flexibility index (Phi) is 41.5. The zero-order valence-corrected chi connectivity index (χ0v) is 35.2. The summed E-state index contributed by atoms with van der Waals surface area (Å²) in [6.07, 6.45) is 51.6. The van der Waals surface area contributed by atoms with Crippen LogP contribution in [0.15, 0.2) is 48.6 Å². The van der Waals surface area contributed by atoms with Gasteiger partial charge in [-0.1, -0.05) is 146 Å². The second kappa shape index (κ2) is 42.5. The lowest BCUT2D eigenvalue weighted by Gasteiger charge is -2.27. The van der Waals surface area contributed by atoms with Gasteiger partial charge >= 0.3 is 0 Å². The summed E-state index contributed by atoms with van der Waals surface area (Å²) in [5.74, 6) is 0. The van der Waals surface area contributed by atoms with Crippen LogP contribution in [0.4, 0.5) is 0 Å². The van der Waals surface area contributed by atoms with Gasteiger partial charge in [-0.25, -0.2) is 0 Å². The summed E-state index contributed by atoms with van der Waals surface area (Å²) in [6, 6.07) is 0. The van der Waals surface area contributed by atoms with E-state index < -0.39 is 6.10 Å². The van der Waals surface area contributed by atoms with Gasteiger partial charge in [0.2, 0.25) is 0 Å². The van der Waals surface area contributed by atoms with Crippen LogP contribution in [0, 0.1) is 0 Å². The summed E-state index contributed by atoms with van der Waals surface area (Å²) in [5.41, 5.74) is 5.78. The summed E-state index contributed by atoms with van der Waals surface area (Å²) in [5, 5.41) is 20.7. The topological polar surface area (TPSA) is 73.0 Å². The molecule has 306 valence electrons. The van der Waals surface area contributed by atoms with Gasteiger partial charge in [0.05, 0.1) is 12.2 Å². The van der Waals surface area contributed by atoms with Gasteiger partial charge in [0.15, 0.2) is 0 Å². The highest BCUT2D eigenvalue weighted by Gasteiger charge is 2.13. The molecule has 2 atom stereocenters. The molecule has 0 aliphatic rings. The average molecular weight is 730 g/mol. The van der Waals surface area contributed by atoms with Crippen molar-refractivity contribution < 1.29 is 10.2 Å². The highest BCUT2D eigenvalue weighted by atomic mass is 16.3. The number of aliphatic hydroxyl groups is 2. The maximum atomic E-state index is 10.4. The number of allylic oxidation sites excluding steroid dienone is 8. The van der Waals surface area contributed by atoms with Crippen LogP contribution < -0.4 is 5.73 Å². The average Bonchev–Trinajstić information content (AvgIpc) is 3.15. The minimum absolute atomic E-state index is 0.232. The van der Waals surface area contributed by atoms with Crippen LogP contribution >= 0.6 is 0 Å². The molecule has 0 aliphatic heterocycles. The maximum Gasteiger partial charge on any atom is 0.0789 e. The van der Waals surface area contributed by atoms with Crippen molar-refractivity contribution in [3.05, 3.63) is 48.6 Å². The van der Waals surface area contributed by atoms with Crippen molar-refractivity contribution in [1.82, 2.24) is 9.80 Å². The molecule has 5 heteroatoms. The number of nitrogens with zero attached hydrogens (tertiary/aromatic N) is 2. The Bertz CT molecular complexity index is 744. The number of nitrogens with two attached hydrogens (primary N) is 1. The molecule has 0 saturated heterocycles. The minimum atomic E-state index is -0.440. The molecular formula is C47H91N3O2. The molecule has 0 aromatic heterocycles. The minimum Gasteiger partial charge on any atom is -0.392 e. The van der Waals surface area contributed by atoms with Gasteiger partial charge in [0.25, 0.3) is 0 Å². The molecule has 4 N–H and O–H groups in total. The fourth-order valence-corrected chi connectivity index (χ4v) is 6.71. The highest BCUT2D eigenvalue weighted by molar-refractivity contribution is 4.93. The van der Waals surface area contributed by atoms with E-state index in [0.717, 1.165) is 64.8 Å². The molecule has 0 bridgehead atoms. The summed E-state index contributed by atoms with van der Waals surface area (Å²) >= 11 is 0. The molecule has 0 fully saturated rings. The lowest BCUT2D eigenvalue weighted by Crippen LogP contribution is -2.38. The molecule has 0 amide bonds. The van der Waals surface area contributed by atoms with E-state index in [-0.39, 0.29) is 6.10 Å². The number of aliphatic hydroxyl groups excluding tert-OH is 2. The van der Waals surface area contributed by atoms with Crippen molar-refractivity contribution in [2.45, 2.75) is 206 Å². The van der Waals surface area contributed by atoms with Crippen LogP contribution in [-0.4, -0.2) is 78.0 Å². The predicted octanol–water partition coefficient (Wildman–Crippen LogP) is 12.1. The summed E-state index contributed by atoms with van der Waals surface area (Å²) < 4.78 is 0. The quantitative estimate of drug-likeness (QED) is 0.0432. The van der Waals surface area contributed by atoms with Crippen LogP contribution in [0.3, 0.4) is 0 Å². The number of unbranched alkanes of at least 4 members (excludes halogenated alkanes) is 19. The van der Waals surface area contributed by atoms with Crippen LogP contribution in [0.1, 0.15) is 194 Å². The SMILES string of the molecule is CCCCC/C=C/C/C=C/CCCCCCCCN(CCCCN(CCCCCCCC/C=C/C/C=C/CCCCC)CC(O)CN)CC(O)CC. The standard InChI is InChI=1S/C47H91N3O2/c1-4-7-9-11-13-15-17-19-21-23-25-27-29-31-33-35-39-49(44-46(51)6-3)41-37-38-42-50(45-47(52)43-48)40-36-34-32-30-28-26-24-22-20-18-16-14-12-10-8-5-2/h13-16,19-22,46-47,51-52H,4-12,17-18,23-45,48H2,1-3H3/b15-13+,16-14+,21-19+,22-20+. The third-order valence-electron chi connectivity index (χ3n) is 10.2. The third kappa shape index (κ3) is 38.5. The molecule has 0 aromatic carbocycles. The van der Waals surface area contributed by atoms with Gasteiger partial charge in [-0.05, 0) is 122 Å². The van der Waals surface area contributed by atoms with Crippen LogP contribution in [0.2, 0.25) is 0 Å². The predicted molar refractivity (Wildman–Crippen MR) is 232 cm³/mol. The van der Waals surface area contributed by atoms with Crippen LogP contribution in [0.25, 0.3) is 0 Å². The molecule has 0 aromatic rings. The van der Waals surface area contributed by atoms with E-state index in [2.05, 4.69) is 79.2 Å². The Morgan fingerprint density at radius 2 is 0.712 bits per heavy atom. The summed E-state index contributed by atoms with van der Waals surface area (Å²) in [4.78, 5) is 4.94. The van der Waals surface area contributed by atoms with Gasteiger partial charge in [-0.3, -0.25) is 0 Å². The third-order valence-corrected chi connectivity index (χ3v) is 10.2.